The first-order valence-electron chi connectivity index (χ1n) is 6.32. The van der Waals surface area contributed by atoms with E-state index in [-0.39, 0.29) is 0 Å². The molecule has 2 fully saturated rings. The van der Waals surface area contributed by atoms with Crippen molar-refractivity contribution in [3.63, 3.8) is 0 Å². The molecule has 1 aliphatic heterocycles. The Morgan fingerprint density at radius 3 is 2.79 bits per heavy atom. The summed E-state index contributed by atoms with van der Waals surface area (Å²) in [4.78, 5) is 2.77. The molecule has 2 N–H and O–H groups in total. The molecule has 2 rings (SSSR count). The molecule has 2 nitrogen and oxygen atoms in total. The molecule has 1 heterocycles. The summed E-state index contributed by atoms with van der Waals surface area (Å²) in [5, 5.41) is 0. The molecule has 82 valence electrons. The molecule has 3 atom stereocenters. The van der Waals surface area contributed by atoms with Crippen LogP contribution in [0.1, 0.15) is 45.4 Å². The summed E-state index contributed by atoms with van der Waals surface area (Å²) in [5.74, 6) is 0.794. The van der Waals surface area contributed by atoms with E-state index in [1.807, 2.05) is 0 Å². The van der Waals surface area contributed by atoms with E-state index in [1.165, 1.54) is 45.1 Å². The second-order valence-electron chi connectivity index (χ2n) is 4.94. The first-order chi connectivity index (χ1) is 6.86. The molecule has 0 amide bonds. The van der Waals surface area contributed by atoms with Crippen molar-refractivity contribution in [1.82, 2.24) is 4.90 Å². The summed E-state index contributed by atoms with van der Waals surface area (Å²) >= 11 is 0. The van der Waals surface area contributed by atoms with Crippen molar-refractivity contribution in [2.75, 3.05) is 13.1 Å². The highest BCUT2D eigenvalue weighted by molar-refractivity contribution is 4.91. The van der Waals surface area contributed by atoms with Gasteiger partial charge in [0.1, 0.15) is 0 Å². The van der Waals surface area contributed by atoms with Crippen LogP contribution < -0.4 is 5.73 Å². The van der Waals surface area contributed by atoms with Crippen molar-refractivity contribution in [2.45, 2.75) is 57.5 Å². The molecule has 1 saturated carbocycles. The third-order valence-corrected chi connectivity index (χ3v) is 4.24. The highest BCUT2D eigenvalue weighted by Gasteiger charge is 2.36. The maximum Gasteiger partial charge on any atom is 0.0138 e. The van der Waals surface area contributed by atoms with E-state index in [9.17, 15) is 0 Å². The largest absolute Gasteiger partial charge is 0.330 e. The normalized spacial score (nSPS) is 39.4. The average Bonchev–Trinajstić information content (AvgIpc) is 2.85. The van der Waals surface area contributed by atoms with Crippen molar-refractivity contribution in [2.24, 2.45) is 11.7 Å². The van der Waals surface area contributed by atoms with Crippen molar-refractivity contribution in [3.8, 4) is 0 Å². The van der Waals surface area contributed by atoms with E-state index in [0.717, 1.165) is 24.5 Å². The second kappa shape index (κ2) is 4.63. The molecule has 0 radical (unpaired) electrons. The maximum absolute atomic E-state index is 5.85. The van der Waals surface area contributed by atoms with E-state index in [4.69, 9.17) is 5.73 Å². The van der Waals surface area contributed by atoms with Crippen molar-refractivity contribution in [1.29, 1.82) is 0 Å². The van der Waals surface area contributed by atoms with Crippen LogP contribution in [0.3, 0.4) is 0 Å². The van der Waals surface area contributed by atoms with Gasteiger partial charge in [0.15, 0.2) is 0 Å². The van der Waals surface area contributed by atoms with Crippen LogP contribution in [0.5, 0.6) is 0 Å². The van der Waals surface area contributed by atoms with Crippen LogP contribution in [0.25, 0.3) is 0 Å². The second-order valence-corrected chi connectivity index (χ2v) is 4.94. The SMILES string of the molecule is CCC1CCCN1C1CCCC1CN. The molecule has 0 aromatic carbocycles. The standard InChI is InChI=1S/C12H24N2/c1-2-11-6-4-8-14(11)12-7-3-5-10(12)9-13/h10-12H,2-9,13H2,1H3. The van der Waals surface area contributed by atoms with Crippen LogP contribution in [0.4, 0.5) is 0 Å². The Balaban J connectivity index is 1.98. The molecule has 1 saturated heterocycles. The third kappa shape index (κ3) is 1.82. The van der Waals surface area contributed by atoms with Crippen LogP contribution in [-0.2, 0) is 0 Å². The molecule has 14 heavy (non-hydrogen) atoms. The van der Waals surface area contributed by atoms with Crippen LogP contribution in [0.15, 0.2) is 0 Å². The zero-order valence-electron chi connectivity index (χ0n) is 9.41. The van der Waals surface area contributed by atoms with Gasteiger partial charge in [-0.25, -0.2) is 0 Å². The van der Waals surface area contributed by atoms with E-state index < -0.39 is 0 Å². The van der Waals surface area contributed by atoms with E-state index in [1.54, 1.807) is 0 Å². The summed E-state index contributed by atoms with van der Waals surface area (Å²) < 4.78 is 0. The number of hydrogen-bond acceptors (Lipinski definition) is 2. The van der Waals surface area contributed by atoms with Crippen molar-refractivity contribution >= 4 is 0 Å². The quantitative estimate of drug-likeness (QED) is 0.748. The lowest BCUT2D eigenvalue weighted by Gasteiger charge is -2.33. The summed E-state index contributed by atoms with van der Waals surface area (Å²) in [6.07, 6.45) is 8.33. The number of nitrogens with two attached hydrogens (primary N) is 1. The van der Waals surface area contributed by atoms with Gasteiger partial charge in [0, 0.05) is 12.1 Å². The van der Waals surface area contributed by atoms with Gasteiger partial charge < -0.3 is 5.73 Å². The van der Waals surface area contributed by atoms with Crippen LogP contribution in [0.2, 0.25) is 0 Å². The van der Waals surface area contributed by atoms with Gasteiger partial charge in [0.05, 0.1) is 0 Å². The van der Waals surface area contributed by atoms with Crippen LogP contribution in [0, 0.1) is 5.92 Å². The molecular formula is C12H24N2. The fraction of sp³-hybridized carbons (Fsp3) is 1.00. The monoisotopic (exact) mass is 196 g/mol. The molecule has 0 bridgehead atoms. The Labute approximate surface area is 87.8 Å². The topological polar surface area (TPSA) is 29.3 Å². The highest BCUT2D eigenvalue weighted by Crippen LogP contribution is 2.34. The Kier molecular flexibility index (Phi) is 3.45. The maximum atomic E-state index is 5.85. The summed E-state index contributed by atoms with van der Waals surface area (Å²) in [7, 11) is 0. The van der Waals surface area contributed by atoms with Crippen molar-refractivity contribution < 1.29 is 0 Å². The van der Waals surface area contributed by atoms with Gasteiger partial charge in [-0.15, -0.1) is 0 Å². The minimum atomic E-state index is 0.794. The van der Waals surface area contributed by atoms with Gasteiger partial charge in [0.25, 0.3) is 0 Å². The minimum Gasteiger partial charge on any atom is -0.330 e. The molecule has 0 spiro atoms. The minimum absolute atomic E-state index is 0.794. The molecule has 1 aliphatic carbocycles. The molecule has 2 heteroatoms. The lowest BCUT2D eigenvalue weighted by atomic mass is 10.0. The van der Waals surface area contributed by atoms with E-state index in [0.29, 0.717) is 0 Å². The highest BCUT2D eigenvalue weighted by atomic mass is 15.2. The number of rotatable bonds is 3. The Hall–Kier alpha value is -0.0800. The fourth-order valence-corrected chi connectivity index (χ4v) is 3.46. The molecule has 0 aromatic rings. The number of likely N-dealkylation sites (tertiary alicyclic amines) is 1. The smallest absolute Gasteiger partial charge is 0.0138 e. The van der Waals surface area contributed by atoms with E-state index in [2.05, 4.69) is 11.8 Å². The zero-order chi connectivity index (χ0) is 9.97. The Bertz CT molecular complexity index is 161. The van der Waals surface area contributed by atoms with E-state index >= 15 is 0 Å². The lowest BCUT2D eigenvalue weighted by molar-refractivity contribution is 0.144. The van der Waals surface area contributed by atoms with Crippen molar-refractivity contribution in [3.05, 3.63) is 0 Å². The average molecular weight is 196 g/mol. The van der Waals surface area contributed by atoms with Crippen LogP contribution in [-0.4, -0.2) is 30.1 Å². The predicted octanol–water partition coefficient (Wildman–Crippen LogP) is 1.99. The van der Waals surface area contributed by atoms with Gasteiger partial charge in [-0.2, -0.15) is 0 Å². The third-order valence-electron chi connectivity index (χ3n) is 4.24. The molecule has 3 unspecified atom stereocenters. The summed E-state index contributed by atoms with van der Waals surface area (Å²) in [6, 6.07) is 1.69. The summed E-state index contributed by atoms with van der Waals surface area (Å²) in [5.41, 5.74) is 5.85. The van der Waals surface area contributed by atoms with Gasteiger partial charge in [-0.1, -0.05) is 13.3 Å². The van der Waals surface area contributed by atoms with Gasteiger partial charge in [-0.05, 0) is 51.1 Å². The summed E-state index contributed by atoms with van der Waals surface area (Å²) in [6.45, 7) is 4.56. The van der Waals surface area contributed by atoms with Gasteiger partial charge in [0.2, 0.25) is 0 Å². The molecule has 2 aliphatic rings. The number of nitrogens with zero attached hydrogens (tertiary/aromatic N) is 1. The lowest BCUT2D eigenvalue weighted by Crippen LogP contribution is -2.42. The first-order valence-corrected chi connectivity index (χ1v) is 6.32. The molecule has 0 aromatic heterocycles. The number of hydrogen-bond donors (Lipinski definition) is 1. The van der Waals surface area contributed by atoms with Crippen LogP contribution >= 0.6 is 0 Å². The molecular weight excluding hydrogens is 172 g/mol. The predicted molar refractivity (Wildman–Crippen MR) is 60.2 cm³/mol. The Morgan fingerprint density at radius 1 is 1.21 bits per heavy atom. The van der Waals surface area contributed by atoms with Gasteiger partial charge >= 0.3 is 0 Å². The zero-order valence-corrected chi connectivity index (χ0v) is 9.41. The van der Waals surface area contributed by atoms with Gasteiger partial charge in [-0.3, -0.25) is 4.90 Å². The Morgan fingerprint density at radius 2 is 2.07 bits per heavy atom. The fourth-order valence-electron chi connectivity index (χ4n) is 3.46. The first kappa shape index (κ1) is 10.4.